The van der Waals surface area contributed by atoms with Gasteiger partial charge >= 0.3 is 0 Å². The van der Waals surface area contributed by atoms with Gasteiger partial charge in [-0.1, -0.05) is 34.6 Å². The van der Waals surface area contributed by atoms with Crippen LogP contribution in [0.4, 0.5) is 0 Å². The van der Waals surface area contributed by atoms with Gasteiger partial charge < -0.3 is 10.4 Å². The fourth-order valence-corrected chi connectivity index (χ4v) is 1.36. The Morgan fingerprint density at radius 2 is 1.75 bits per heavy atom. The molecule has 0 fully saturated rings. The first-order valence-corrected chi connectivity index (χ1v) is 6.33. The Hall–Kier alpha value is -0.570. The van der Waals surface area contributed by atoms with Crippen LogP contribution >= 0.6 is 0 Å². The average Bonchev–Trinajstić information content (AvgIpc) is 2.25. The molecule has 0 saturated heterocycles. The molecule has 0 saturated carbocycles. The topological polar surface area (TPSA) is 49.3 Å². The molecular formula is C13H27NO2. The van der Waals surface area contributed by atoms with Gasteiger partial charge in [0.05, 0.1) is 5.60 Å². The summed E-state index contributed by atoms with van der Waals surface area (Å²) in [6.07, 6.45) is 1.88. The molecule has 0 aliphatic rings. The van der Waals surface area contributed by atoms with Crippen molar-refractivity contribution in [3.8, 4) is 0 Å². The fraction of sp³-hybridized carbons (Fsp3) is 0.923. The molecule has 16 heavy (non-hydrogen) atoms. The van der Waals surface area contributed by atoms with E-state index in [0.717, 1.165) is 0 Å². The number of amides is 1. The lowest BCUT2D eigenvalue weighted by molar-refractivity contribution is -0.123. The van der Waals surface area contributed by atoms with Crippen LogP contribution in [0.1, 0.15) is 53.9 Å². The van der Waals surface area contributed by atoms with Gasteiger partial charge in [-0.3, -0.25) is 4.79 Å². The van der Waals surface area contributed by atoms with Crippen molar-refractivity contribution >= 4 is 5.91 Å². The second-order valence-corrected chi connectivity index (χ2v) is 5.13. The molecule has 0 spiro atoms. The smallest absolute Gasteiger partial charge is 0.220 e. The predicted molar refractivity (Wildman–Crippen MR) is 67.2 cm³/mol. The van der Waals surface area contributed by atoms with E-state index in [2.05, 4.69) is 26.1 Å². The highest BCUT2D eigenvalue weighted by molar-refractivity contribution is 5.76. The van der Waals surface area contributed by atoms with Crippen molar-refractivity contribution < 1.29 is 9.90 Å². The number of hydrogen-bond donors (Lipinski definition) is 2. The van der Waals surface area contributed by atoms with E-state index in [-0.39, 0.29) is 5.91 Å². The number of nitrogens with one attached hydrogen (secondary N) is 1. The molecule has 0 aliphatic carbocycles. The Morgan fingerprint density at radius 1 is 1.25 bits per heavy atom. The van der Waals surface area contributed by atoms with Gasteiger partial charge in [0.1, 0.15) is 0 Å². The van der Waals surface area contributed by atoms with E-state index in [9.17, 15) is 9.90 Å². The van der Waals surface area contributed by atoms with Crippen molar-refractivity contribution in [2.75, 3.05) is 6.54 Å². The van der Waals surface area contributed by atoms with Gasteiger partial charge in [0.15, 0.2) is 0 Å². The van der Waals surface area contributed by atoms with Crippen LogP contribution in [0.5, 0.6) is 0 Å². The lowest BCUT2D eigenvalue weighted by Crippen LogP contribution is -2.42. The maximum absolute atomic E-state index is 11.6. The van der Waals surface area contributed by atoms with Gasteiger partial charge in [0, 0.05) is 13.0 Å². The zero-order valence-corrected chi connectivity index (χ0v) is 11.3. The molecule has 96 valence electrons. The van der Waals surface area contributed by atoms with Crippen LogP contribution in [0.25, 0.3) is 0 Å². The van der Waals surface area contributed by atoms with E-state index < -0.39 is 5.60 Å². The zero-order valence-electron chi connectivity index (χ0n) is 11.3. The molecule has 2 N–H and O–H groups in total. The molecule has 0 radical (unpaired) electrons. The van der Waals surface area contributed by atoms with Crippen molar-refractivity contribution in [1.29, 1.82) is 0 Å². The fourth-order valence-electron chi connectivity index (χ4n) is 1.36. The van der Waals surface area contributed by atoms with Gasteiger partial charge in [-0.2, -0.15) is 0 Å². The van der Waals surface area contributed by atoms with Crippen molar-refractivity contribution in [3.05, 3.63) is 0 Å². The van der Waals surface area contributed by atoms with Crippen LogP contribution in [0.2, 0.25) is 0 Å². The van der Waals surface area contributed by atoms with Crippen molar-refractivity contribution in [2.24, 2.45) is 11.8 Å². The third-order valence-corrected chi connectivity index (χ3v) is 3.58. The quantitative estimate of drug-likeness (QED) is 0.704. The second kappa shape index (κ2) is 6.89. The number of carbonyl (C=O) groups is 1. The Balaban J connectivity index is 3.98. The molecule has 3 nitrogen and oxygen atoms in total. The summed E-state index contributed by atoms with van der Waals surface area (Å²) in [5, 5.41) is 12.8. The van der Waals surface area contributed by atoms with Gasteiger partial charge in [0.25, 0.3) is 0 Å². The standard InChI is InChI=1S/C13H27NO2/c1-6-13(16,7-2)9-14-12(15)8-11(5)10(3)4/h10-11,16H,6-9H2,1-5H3,(H,14,15). The molecule has 1 unspecified atom stereocenters. The molecule has 1 amide bonds. The highest BCUT2D eigenvalue weighted by Gasteiger charge is 2.23. The molecule has 3 heteroatoms. The summed E-state index contributed by atoms with van der Waals surface area (Å²) >= 11 is 0. The molecular weight excluding hydrogens is 202 g/mol. The molecule has 0 aromatic carbocycles. The Kier molecular flexibility index (Phi) is 6.65. The Labute approximate surface area is 99.6 Å². The maximum Gasteiger partial charge on any atom is 0.220 e. The molecule has 0 bridgehead atoms. The van der Waals surface area contributed by atoms with Crippen LogP contribution < -0.4 is 5.32 Å². The van der Waals surface area contributed by atoms with Gasteiger partial charge in [0.2, 0.25) is 5.91 Å². The van der Waals surface area contributed by atoms with E-state index in [1.54, 1.807) is 0 Å². The third kappa shape index (κ3) is 5.50. The van der Waals surface area contributed by atoms with E-state index in [1.807, 2.05) is 13.8 Å². The van der Waals surface area contributed by atoms with Crippen LogP contribution in [0, 0.1) is 11.8 Å². The third-order valence-electron chi connectivity index (χ3n) is 3.58. The SMILES string of the molecule is CCC(O)(CC)CNC(=O)CC(C)C(C)C. The highest BCUT2D eigenvalue weighted by atomic mass is 16.3. The first-order valence-electron chi connectivity index (χ1n) is 6.33. The van der Waals surface area contributed by atoms with Gasteiger partial charge in [-0.05, 0) is 24.7 Å². The minimum atomic E-state index is -0.739. The summed E-state index contributed by atoms with van der Waals surface area (Å²) in [6, 6.07) is 0. The monoisotopic (exact) mass is 229 g/mol. The van der Waals surface area contributed by atoms with E-state index in [0.29, 0.717) is 37.6 Å². The number of aliphatic hydroxyl groups is 1. The lowest BCUT2D eigenvalue weighted by Gasteiger charge is -2.26. The van der Waals surface area contributed by atoms with Gasteiger partial charge in [-0.15, -0.1) is 0 Å². The minimum Gasteiger partial charge on any atom is -0.388 e. The van der Waals surface area contributed by atoms with Crippen molar-refractivity contribution in [3.63, 3.8) is 0 Å². The van der Waals surface area contributed by atoms with Crippen LogP contribution in [0.3, 0.4) is 0 Å². The number of hydrogen-bond acceptors (Lipinski definition) is 2. The second-order valence-electron chi connectivity index (χ2n) is 5.13. The lowest BCUT2D eigenvalue weighted by atomic mass is 9.94. The van der Waals surface area contributed by atoms with Crippen LogP contribution in [-0.2, 0) is 4.79 Å². The normalized spacial score (nSPS) is 13.9. The first-order chi connectivity index (χ1) is 7.34. The molecule has 0 rings (SSSR count). The van der Waals surface area contributed by atoms with Crippen molar-refractivity contribution in [1.82, 2.24) is 5.32 Å². The van der Waals surface area contributed by atoms with Crippen molar-refractivity contribution in [2.45, 2.75) is 59.5 Å². The van der Waals surface area contributed by atoms with E-state index >= 15 is 0 Å². The summed E-state index contributed by atoms with van der Waals surface area (Å²) in [4.78, 5) is 11.6. The summed E-state index contributed by atoms with van der Waals surface area (Å²) in [6.45, 7) is 10.6. The zero-order chi connectivity index (χ0) is 12.8. The van der Waals surface area contributed by atoms with E-state index in [1.165, 1.54) is 0 Å². The summed E-state index contributed by atoms with van der Waals surface area (Å²) in [5.41, 5.74) is -0.739. The molecule has 0 aromatic heterocycles. The largest absolute Gasteiger partial charge is 0.388 e. The Bertz CT molecular complexity index is 210. The highest BCUT2D eigenvalue weighted by Crippen LogP contribution is 2.15. The number of rotatable bonds is 7. The maximum atomic E-state index is 11.6. The average molecular weight is 229 g/mol. The van der Waals surface area contributed by atoms with Crippen LogP contribution in [-0.4, -0.2) is 23.2 Å². The first kappa shape index (κ1) is 15.4. The van der Waals surface area contributed by atoms with Gasteiger partial charge in [-0.25, -0.2) is 0 Å². The predicted octanol–water partition coefficient (Wildman–Crippen LogP) is 2.34. The molecule has 0 aliphatic heterocycles. The molecule has 1 atom stereocenters. The molecule has 0 aromatic rings. The minimum absolute atomic E-state index is 0.0431. The number of carbonyl (C=O) groups excluding carboxylic acids is 1. The van der Waals surface area contributed by atoms with E-state index in [4.69, 9.17) is 0 Å². The summed E-state index contributed by atoms with van der Waals surface area (Å²) in [5.74, 6) is 0.944. The summed E-state index contributed by atoms with van der Waals surface area (Å²) < 4.78 is 0. The Morgan fingerprint density at radius 3 is 2.12 bits per heavy atom. The van der Waals surface area contributed by atoms with Crippen LogP contribution in [0.15, 0.2) is 0 Å². The summed E-state index contributed by atoms with van der Waals surface area (Å²) in [7, 11) is 0. The molecule has 0 heterocycles.